The molecule has 2 rings (SSSR count). The molecule has 2 heterocycles. The van der Waals surface area contributed by atoms with Crippen LogP contribution in [0.2, 0.25) is 0 Å². The molecule has 2 aliphatic rings. The van der Waals surface area contributed by atoms with Crippen LogP contribution in [-0.4, -0.2) is 59.3 Å². The van der Waals surface area contributed by atoms with Crippen molar-refractivity contribution in [3.8, 4) is 0 Å². The molecule has 0 aromatic rings. The van der Waals surface area contributed by atoms with Crippen LogP contribution in [0.15, 0.2) is 0 Å². The largest absolute Gasteiger partial charge is 0.465 e. The van der Waals surface area contributed by atoms with Crippen molar-refractivity contribution in [3.63, 3.8) is 0 Å². The highest BCUT2D eigenvalue weighted by Gasteiger charge is 2.36. The molecule has 0 aliphatic carbocycles. The lowest BCUT2D eigenvalue weighted by Crippen LogP contribution is -2.53. The van der Waals surface area contributed by atoms with Crippen LogP contribution in [0.3, 0.4) is 0 Å². The average Bonchev–Trinajstić information content (AvgIpc) is 2.47. The maximum absolute atomic E-state index is 11.1. The third kappa shape index (κ3) is 1.28. The number of urea groups is 1. The summed E-state index contributed by atoms with van der Waals surface area (Å²) in [6.07, 6.45) is -0.904. The lowest BCUT2D eigenvalue weighted by Gasteiger charge is -2.34. The van der Waals surface area contributed by atoms with Crippen LogP contribution in [0.25, 0.3) is 0 Å². The summed E-state index contributed by atoms with van der Waals surface area (Å²) < 4.78 is 0. The maximum Gasteiger partial charge on any atom is 0.407 e. The summed E-state index contributed by atoms with van der Waals surface area (Å²) >= 11 is 0. The lowest BCUT2D eigenvalue weighted by atomic mass is 10.2. The maximum atomic E-state index is 11.1. The van der Waals surface area contributed by atoms with E-state index in [0.717, 1.165) is 0 Å². The highest BCUT2D eigenvalue weighted by atomic mass is 16.4. The number of hydrogen-bond donors (Lipinski definition) is 2. The Balaban J connectivity index is 2.03. The first-order valence-corrected chi connectivity index (χ1v) is 4.21. The van der Waals surface area contributed by atoms with Gasteiger partial charge >= 0.3 is 12.1 Å². The zero-order valence-corrected chi connectivity index (χ0v) is 7.06. The van der Waals surface area contributed by atoms with Crippen molar-refractivity contribution in [2.45, 2.75) is 6.04 Å². The van der Waals surface area contributed by atoms with Gasteiger partial charge in [0.2, 0.25) is 0 Å². The van der Waals surface area contributed by atoms with Gasteiger partial charge in [0.15, 0.2) is 0 Å². The Morgan fingerprint density at radius 1 is 1.54 bits per heavy atom. The molecule has 2 saturated heterocycles. The van der Waals surface area contributed by atoms with Gasteiger partial charge in [0, 0.05) is 26.2 Å². The van der Waals surface area contributed by atoms with Crippen molar-refractivity contribution in [1.29, 1.82) is 0 Å². The van der Waals surface area contributed by atoms with Crippen molar-refractivity contribution in [2.75, 3.05) is 26.2 Å². The molecule has 2 N–H and O–H groups in total. The van der Waals surface area contributed by atoms with Gasteiger partial charge < -0.3 is 20.2 Å². The number of carbonyl (C=O) groups is 2. The number of hydrogen-bond acceptors (Lipinski definition) is 2. The molecule has 2 fully saturated rings. The molecule has 72 valence electrons. The molecule has 6 nitrogen and oxygen atoms in total. The molecule has 1 unspecified atom stereocenters. The van der Waals surface area contributed by atoms with Crippen LogP contribution in [0, 0.1) is 0 Å². The normalized spacial score (nSPS) is 27.1. The minimum atomic E-state index is -0.904. The van der Waals surface area contributed by atoms with Gasteiger partial charge in [0.05, 0.1) is 6.04 Å². The monoisotopic (exact) mass is 185 g/mol. The summed E-state index contributed by atoms with van der Waals surface area (Å²) in [6, 6.07) is -0.0487. The van der Waals surface area contributed by atoms with Crippen molar-refractivity contribution in [3.05, 3.63) is 0 Å². The highest BCUT2D eigenvalue weighted by Crippen LogP contribution is 2.13. The minimum Gasteiger partial charge on any atom is -0.465 e. The van der Waals surface area contributed by atoms with Crippen LogP contribution < -0.4 is 5.32 Å². The Morgan fingerprint density at radius 3 is 3.00 bits per heavy atom. The van der Waals surface area contributed by atoms with Gasteiger partial charge in [-0.3, -0.25) is 0 Å². The second-order valence-corrected chi connectivity index (χ2v) is 3.26. The van der Waals surface area contributed by atoms with Crippen LogP contribution in [-0.2, 0) is 0 Å². The highest BCUT2D eigenvalue weighted by molar-refractivity contribution is 5.77. The minimum absolute atomic E-state index is 0.0253. The van der Waals surface area contributed by atoms with E-state index in [1.165, 1.54) is 4.90 Å². The fourth-order valence-corrected chi connectivity index (χ4v) is 1.78. The zero-order chi connectivity index (χ0) is 9.42. The van der Waals surface area contributed by atoms with Gasteiger partial charge in [-0.1, -0.05) is 0 Å². The summed E-state index contributed by atoms with van der Waals surface area (Å²) in [7, 11) is 0. The van der Waals surface area contributed by atoms with E-state index in [0.29, 0.717) is 26.2 Å². The summed E-state index contributed by atoms with van der Waals surface area (Å²) in [6.45, 7) is 1.90. The fraction of sp³-hybridized carbons (Fsp3) is 0.714. The van der Waals surface area contributed by atoms with Gasteiger partial charge in [-0.25, -0.2) is 9.59 Å². The molecule has 0 aromatic carbocycles. The van der Waals surface area contributed by atoms with Gasteiger partial charge in [-0.05, 0) is 0 Å². The number of nitrogens with one attached hydrogen (secondary N) is 1. The second kappa shape index (κ2) is 2.79. The molecular weight excluding hydrogens is 174 g/mol. The van der Waals surface area contributed by atoms with Crippen LogP contribution in [0.4, 0.5) is 9.59 Å². The third-order valence-electron chi connectivity index (χ3n) is 2.50. The summed E-state index contributed by atoms with van der Waals surface area (Å²) in [5.41, 5.74) is 0. The van der Waals surface area contributed by atoms with Crippen molar-refractivity contribution < 1.29 is 14.7 Å². The summed E-state index contributed by atoms with van der Waals surface area (Å²) in [4.78, 5) is 24.8. The van der Waals surface area contributed by atoms with E-state index in [1.807, 2.05) is 0 Å². The molecule has 0 aromatic heterocycles. The van der Waals surface area contributed by atoms with Crippen LogP contribution in [0.1, 0.15) is 0 Å². The Hall–Kier alpha value is -1.46. The van der Waals surface area contributed by atoms with E-state index in [-0.39, 0.29) is 12.1 Å². The van der Waals surface area contributed by atoms with E-state index in [2.05, 4.69) is 5.32 Å². The SMILES string of the molecule is O=C(O)N1CCN2C(=O)NCC2C1. The predicted molar refractivity (Wildman–Crippen MR) is 43.5 cm³/mol. The Morgan fingerprint density at radius 2 is 2.31 bits per heavy atom. The number of carbonyl (C=O) groups excluding carboxylic acids is 1. The molecular formula is C7H11N3O3. The molecule has 13 heavy (non-hydrogen) atoms. The van der Waals surface area contributed by atoms with Crippen LogP contribution in [0.5, 0.6) is 0 Å². The van der Waals surface area contributed by atoms with Crippen molar-refractivity contribution in [1.82, 2.24) is 15.1 Å². The molecule has 0 saturated carbocycles. The molecule has 6 heteroatoms. The first kappa shape index (κ1) is 8.15. The lowest BCUT2D eigenvalue weighted by molar-refractivity contribution is 0.0997. The fourth-order valence-electron chi connectivity index (χ4n) is 1.78. The molecule has 1 atom stereocenters. The average molecular weight is 185 g/mol. The molecule has 3 amide bonds. The topological polar surface area (TPSA) is 72.9 Å². The Kier molecular flexibility index (Phi) is 1.75. The number of fused-ring (bicyclic) bond motifs is 1. The van der Waals surface area contributed by atoms with E-state index >= 15 is 0 Å². The first-order chi connectivity index (χ1) is 6.18. The van der Waals surface area contributed by atoms with E-state index in [4.69, 9.17) is 5.11 Å². The quantitative estimate of drug-likeness (QED) is 0.528. The van der Waals surface area contributed by atoms with E-state index in [1.54, 1.807) is 4.90 Å². The first-order valence-electron chi connectivity index (χ1n) is 4.21. The number of nitrogens with zero attached hydrogens (tertiary/aromatic N) is 2. The summed E-state index contributed by atoms with van der Waals surface area (Å²) in [5.74, 6) is 0. The van der Waals surface area contributed by atoms with Gasteiger partial charge in [0.25, 0.3) is 0 Å². The van der Waals surface area contributed by atoms with Crippen molar-refractivity contribution >= 4 is 12.1 Å². The predicted octanol–water partition coefficient (Wildman–Crippen LogP) is -0.626. The van der Waals surface area contributed by atoms with Gasteiger partial charge in [0.1, 0.15) is 0 Å². The van der Waals surface area contributed by atoms with E-state index in [9.17, 15) is 9.59 Å². The Labute approximate surface area is 75.1 Å². The molecule has 2 aliphatic heterocycles. The van der Waals surface area contributed by atoms with Gasteiger partial charge in [-0.2, -0.15) is 0 Å². The molecule has 0 spiro atoms. The zero-order valence-electron chi connectivity index (χ0n) is 7.06. The number of rotatable bonds is 0. The Bertz CT molecular complexity index is 255. The number of carboxylic acid groups (broad SMARTS) is 1. The smallest absolute Gasteiger partial charge is 0.407 e. The third-order valence-corrected chi connectivity index (χ3v) is 2.50. The van der Waals surface area contributed by atoms with Gasteiger partial charge in [-0.15, -0.1) is 0 Å². The van der Waals surface area contributed by atoms with E-state index < -0.39 is 6.09 Å². The number of amides is 3. The number of piperazine rings is 1. The van der Waals surface area contributed by atoms with Crippen LogP contribution >= 0.6 is 0 Å². The molecule has 0 radical (unpaired) electrons. The standard InChI is InChI=1S/C7H11N3O3/c11-6-8-3-5-4-9(7(12)13)1-2-10(5)6/h5H,1-4H2,(H,8,11)(H,12,13). The van der Waals surface area contributed by atoms with Crippen molar-refractivity contribution in [2.24, 2.45) is 0 Å². The molecule has 0 bridgehead atoms. The second-order valence-electron chi connectivity index (χ2n) is 3.26. The summed E-state index contributed by atoms with van der Waals surface area (Å²) in [5, 5.41) is 11.4.